The zero-order chi connectivity index (χ0) is 19.4. The summed E-state index contributed by atoms with van der Waals surface area (Å²) in [5.74, 6) is 1.44. The highest BCUT2D eigenvalue weighted by Gasteiger charge is 2.11. The van der Waals surface area contributed by atoms with Crippen molar-refractivity contribution in [1.82, 2.24) is 9.97 Å². The van der Waals surface area contributed by atoms with Gasteiger partial charge in [0.2, 0.25) is 5.95 Å². The Bertz CT molecular complexity index is 896. The molecule has 0 spiro atoms. The van der Waals surface area contributed by atoms with E-state index in [0.29, 0.717) is 12.0 Å². The summed E-state index contributed by atoms with van der Waals surface area (Å²) in [6.07, 6.45) is 1.01. The van der Waals surface area contributed by atoms with Crippen LogP contribution in [0.4, 0.5) is 17.5 Å². The van der Waals surface area contributed by atoms with E-state index in [1.165, 1.54) is 16.7 Å². The van der Waals surface area contributed by atoms with Crippen molar-refractivity contribution in [2.75, 3.05) is 10.6 Å². The average Bonchev–Trinajstić information content (AvgIpc) is 2.65. The highest BCUT2D eigenvalue weighted by atomic mass is 15.2. The smallest absolute Gasteiger partial charge is 0.225 e. The van der Waals surface area contributed by atoms with Crippen molar-refractivity contribution < 1.29 is 0 Å². The molecular weight excluding hydrogens is 332 g/mol. The van der Waals surface area contributed by atoms with Gasteiger partial charge in [-0.1, -0.05) is 55.0 Å². The summed E-state index contributed by atoms with van der Waals surface area (Å²) in [5.41, 5.74) is 6.77. The first-order valence-corrected chi connectivity index (χ1v) is 9.52. The molecule has 140 valence electrons. The molecular formula is C23H28N4. The Balaban J connectivity index is 2.02. The topological polar surface area (TPSA) is 49.8 Å². The van der Waals surface area contributed by atoms with Crippen molar-refractivity contribution in [3.05, 3.63) is 65.2 Å². The minimum Gasteiger partial charge on any atom is -0.352 e. The summed E-state index contributed by atoms with van der Waals surface area (Å²) in [7, 11) is 0. The van der Waals surface area contributed by atoms with E-state index in [1.54, 1.807) is 0 Å². The number of benzene rings is 2. The largest absolute Gasteiger partial charge is 0.352 e. The van der Waals surface area contributed by atoms with Crippen molar-refractivity contribution in [3.63, 3.8) is 0 Å². The molecule has 0 fully saturated rings. The van der Waals surface area contributed by atoms with Gasteiger partial charge in [0, 0.05) is 23.4 Å². The number of anilines is 3. The number of aryl methyl sites for hydroxylation is 3. The van der Waals surface area contributed by atoms with Gasteiger partial charge in [0.05, 0.1) is 5.69 Å². The van der Waals surface area contributed by atoms with Gasteiger partial charge in [-0.15, -0.1) is 0 Å². The molecule has 27 heavy (non-hydrogen) atoms. The van der Waals surface area contributed by atoms with Crippen LogP contribution in [0.25, 0.3) is 11.3 Å². The molecule has 0 unspecified atom stereocenters. The molecule has 4 heteroatoms. The molecule has 0 saturated carbocycles. The van der Waals surface area contributed by atoms with Crippen molar-refractivity contribution in [2.45, 2.75) is 47.1 Å². The maximum absolute atomic E-state index is 4.73. The third-order valence-corrected chi connectivity index (χ3v) is 4.71. The first-order chi connectivity index (χ1) is 13.0. The second-order valence-electron chi connectivity index (χ2n) is 7.18. The lowest BCUT2D eigenvalue weighted by molar-refractivity contribution is 0.753. The average molecular weight is 361 g/mol. The molecule has 1 heterocycles. The van der Waals surface area contributed by atoms with Crippen LogP contribution in [-0.4, -0.2) is 16.0 Å². The lowest BCUT2D eigenvalue weighted by Gasteiger charge is -2.17. The SMILES string of the molecule is CC[C@H](C)Nc1nc(Nc2c(C)cc(C)cc2C)cc(-c2ccccc2)n1. The number of hydrogen-bond acceptors (Lipinski definition) is 4. The number of rotatable bonds is 6. The van der Waals surface area contributed by atoms with Crippen molar-refractivity contribution >= 4 is 17.5 Å². The van der Waals surface area contributed by atoms with Gasteiger partial charge in [0.1, 0.15) is 5.82 Å². The second-order valence-corrected chi connectivity index (χ2v) is 7.18. The van der Waals surface area contributed by atoms with Crippen LogP contribution in [-0.2, 0) is 0 Å². The fraction of sp³-hybridized carbons (Fsp3) is 0.304. The molecule has 2 N–H and O–H groups in total. The fourth-order valence-corrected chi connectivity index (χ4v) is 3.16. The Morgan fingerprint density at radius 3 is 2.22 bits per heavy atom. The van der Waals surface area contributed by atoms with E-state index in [1.807, 2.05) is 24.3 Å². The summed E-state index contributed by atoms with van der Waals surface area (Å²) in [6, 6.07) is 16.9. The van der Waals surface area contributed by atoms with E-state index >= 15 is 0 Å². The van der Waals surface area contributed by atoms with Crippen LogP contribution in [0.1, 0.15) is 37.0 Å². The van der Waals surface area contributed by atoms with Crippen LogP contribution in [0.3, 0.4) is 0 Å². The second kappa shape index (κ2) is 8.21. The summed E-state index contributed by atoms with van der Waals surface area (Å²) in [6.45, 7) is 10.7. The molecule has 0 aliphatic heterocycles. The predicted molar refractivity (Wildman–Crippen MR) is 115 cm³/mol. The first kappa shape index (κ1) is 18.9. The zero-order valence-electron chi connectivity index (χ0n) is 16.8. The van der Waals surface area contributed by atoms with Gasteiger partial charge >= 0.3 is 0 Å². The van der Waals surface area contributed by atoms with Crippen molar-refractivity contribution in [3.8, 4) is 11.3 Å². The van der Waals surface area contributed by atoms with Crippen molar-refractivity contribution in [1.29, 1.82) is 0 Å². The number of aromatic nitrogens is 2. The molecule has 1 atom stereocenters. The van der Waals surface area contributed by atoms with Gasteiger partial charge in [0.25, 0.3) is 0 Å². The Morgan fingerprint density at radius 1 is 0.926 bits per heavy atom. The minimum absolute atomic E-state index is 0.312. The van der Waals surface area contributed by atoms with Gasteiger partial charge in [0.15, 0.2) is 0 Å². The minimum atomic E-state index is 0.312. The third-order valence-electron chi connectivity index (χ3n) is 4.71. The first-order valence-electron chi connectivity index (χ1n) is 9.52. The molecule has 3 rings (SSSR count). The van der Waals surface area contributed by atoms with E-state index in [2.05, 4.69) is 69.5 Å². The number of hydrogen-bond donors (Lipinski definition) is 2. The summed E-state index contributed by atoms with van der Waals surface area (Å²) in [5, 5.41) is 6.92. The standard InChI is InChI=1S/C23H28N4/c1-6-18(5)24-23-25-20(19-10-8-7-9-11-19)14-21(27-23)26-22-16(3)12-15(2)13-17(22)4/h7-14,18H,6H2,1-5H3,(H2,24,25,26,27)/t18-/m0/s1. The summed E-state index contributed by atoms with van der Waals surface area (Å²) >= 11 is 0. The monoisotopic (exact) mass is 360 g/mol. The van der Waals surface area contributed by atoms with E-state index < -0.39 is 0 Å². The van der Waals surface area contributed by atoms with Gasteiger partial charge in [-0.05, 0) is 45.2 Å². The van der Waals surface area contributed by atoms with Crippen molar-refractivity contribution in [2.24, 2.45) is 0 Å². The summed E-state index contributed by atoms with van der Waals surface area (Å²) in [4.78, 5) is 9.44. The normalized spacial score (nSPS) is 11.9. The number of nitrogens with one attached hydrogen (secondary N) is 2. The number of nitrogens with zero attached hydrogens (tertiary/aromatic N) is 2. The lowest BCUT2D eigenvalue weighted by Crippen LogP contribution is -2.16. The molecule has 3 aromatic rings. The van der Waals surface area contributed by atoms with Gasteiger partial charge < -0.3 is 10.6 Å². The van der Waals surface area contributed by atoms with Crippen LogP contribution < -0.4 is 10.6 Å². The zero-order valence-corrected chi connectivity index (χ0v) is 16.8. The lowest BCUT2D eigenvalue weighted by atomic mass is 10.1. The molecule has 0 aliphatic carbocycles. The van der Waals surface area contributed by atoms with E-state index in [9.17, 15) is 0 Å². The van der Waals surface area contributed by atoms with Crippen LogP contribution in [0.5, 0.6) is 0 Å². The highest BCUT2D eigenvalue weighted by molar-refractivity contribution is 5.70. The van der Waals surface area contributed by atoms with E-state index in [4.69, 9.17) is 9.97 Å². The quantitative estimate of drug-likeness (QED) is 0.564. The molecule has 0 bridgehead atoms. The van der Waals surface area contributed by atoms with Gasteiger partial charge in [-0.3, -0.25) is 0 Å². The Kier molecular flexibility index (Phi) is 5.75. The van der Waals surface area contributed by atoms with Crippen LogP contribution in [0.2, 0.25) is 0 Å². The molecule has 0 saturated heterocycles. The van der Waals surface area contributed by atoms with E-state index in [-0.39, 0.29) is 0 Å². The van der Waals surface area contributed by atoms with Gasteiger partial charge in [-0.2, -0.15) is 4.98 Å². The van der Waals surface area contributed by atoms with Gasteiger partial charge in [-0.25, -0.2) is 4.98 Å². The van der Waals surface area contributed by atoms with Crippen LogP contribution >= 0.6 is 0 Å². The van der Waals surface area contributed by atoms with E-state index in [0.717, 1.165) is 29.2 Å². The molecule has 4 nitrogen and oxygen atoms in total. The molecule has 1 aromatic heterocycles. The summed E-state index contributed by atoms with van der Waals surface area (Å²) < 4.78 is 0. The fourth-order valence-electron chi connectivity index (χ4n) is 3.16. The molecule has 0 aliphatic rings. The molecule has 2 aromatic carbocycles. The highest BCUT2D eigenvalue weighted by Crippen LogP contribution is 2.28. The third kappa shape index (κ3) is 4.64. The maximum Gasteiger partial charge on any atom is 0.225 e. The Morgan fingerprint density at radius 2 is 1.59 bits per heavy atom. The maximum atomic E-state index is 4.73. The predicted octanol–water partition coefficient (Wildman–Crippen LogP) is 6.02. The molecule has 0 radical (unpaired) electrons. The molecule has 0 amide bonds. The van der Waals surface area contributed by atoms with Crippen LogP contribution in [0.15, 0.2) is 48.5 Å². The Hall–Kier alpha value is -2.88. The Labute approximate surface area is 162 Å². The van der Waals surface area contributed by atoms with Crippen LogP contribution in [0, 0.1) is 20.8 Å².